The number of hydrogen-bond donors (Lipinski definition) is 1. The number of thiophene rings is 1. The molecule has 9 nitrogen and oxygen atoms in total. The molecule has 0 unspecified atom stereocenters. The minimum Gasteiger partial charge on any atom is -0.486 e. The van der Waals surface area contributed by atoms with Crippen molar-refractivity contribution in [2.24, 2.45) is 0 Å². The number of anilines is 1. The van der Waals surface area contributed by atoms with Gasteiger partial charge in [0, 0.05) is 68.1 Å². The number of carbonyl (C=O) groups excluding carboxylic acids is 2. The molecule has 0 bridgehead atoms. The SMILES string of the molecule is COCCN(CCC(=O)N1CC=C(c2cc3nccc(COc4ccc(N)cc4F)c3s2)CC1)C(=O)OC(C)(C)C. The Balaban J connectivity index is 1.37. The number of nitrogens with zero attached hydrogens (tertiary/aromatic N) is 3. The van der Waals surface area contributed by atoms with Gasteiger partial charge >= 0.3 is 6.09 Å². The van der Waals surface area contributed by atoms with Gasteiger partial charge in [-0.3, -0.25) is 9.78 Å². The van der Waals surface area contributed by atoms with E-state index in [4.69, 9.17) is 19.9 Å². The minimum atomic E-state index is -0.620. The van der Waals surface area contributed by atoms with E-state index in [1.54, 1.807) is 35.6 Å². The molecule has 1 aliphatic heterocycles. The molecule has 4 rings (SSSR count). The Labute approximate surface area is 243 Å². The summed E-state index contributed by atoms with van der Waals surface area (Å²) in [7, 11) is 1.57. The third kappa shape index (κ3) is 8.17. The number of methoxy groups -OCH3 is 1. The third-order valence-corrected chi connectivity index (χ3v) is 7.80. The molecule has 0 aliphatic carbocycles. The van der Waals surface area contributed by atoms with Crippen molar-refractivity contribution in [3.63, 3.8) is 0 Å². The Bertz CT molecular complexity index is 1420. The van der Waals surface area contributed by atoms with Crippen LogP contribution < -0.4 is 10.5 Å². The van der Waals surface area contributed by atoms with E-state index in [1.807, 2.05) is 32.9 Å². The van der Waals surface area contributed by atoms with Gasteiger partial charge in [-0.1, -0.05) is 6.08 Å². The van der Waals surface area contributed by atoms with Gasteiger partial charge in [-0.2, -0.15) is 0 Å². The molecule has 0 atom stereocenters. The van der Waals surface area contributed by atoms with Crippen LogP contribution in [0.3, 0.4) is 0 Å². The quantitative estimate of drug-likeness (QED) is 0.314. The van der Waals surface area contributed by atoms with Gasteiger partial charge in [0.1, 0.15) is 12.2 Å². The Morgan fingerprint density at radius 1 is 1.20 bits per heavy atom. The van der Waals surface area contributed by atoms with Gasteiger partial charge in [0.15, 0.2) is 11.6 Å². The standard InChI is InChI=1S/C30H37FN4O5S/c1-30(2,3)40-29(37)35(15-16-38-4)14-10-27(36)34-12-8-20(9-13-34)26-18-24-28(41-26)21(7-11-33-24)19-39-25-6-5-22(32)17-23(25)31/h5-8,11,17-18H,9-10,12-16,19,32H2,1-4H3. The molecule has 2 amide bonds. The Hall–Kier alpha value is -3.70. The molecule has 2 N–H and O–H groups in total. The second-order valence-electron chi connectivity index (χ2n) is 10.8. The fourth-order valence-electron chi connectivity index (χ4n) is 4.38. The van der Waals surface area contributed by atoms with Gasteiger partial charge < -0.3 is 29.7 Å². The fraction of sp³-hybridized carbons (Fsp3) is 0.433. The molecule has 3 heterocycles. The van der Waals surface area contributed by atoms with Crippen LogP contribution in [0, 0.1) is 5.82 Å². The highest BCUT2D eigenvalue weighted by atomic mass is 32.1. The normalized spacial score (nSPS) is 13.7. The van der Waals surface area contributed by atoms with Crippen LogP contribution in [0.5, 0.6) is 5.75 Å². The summed E-state index contributed by atoms with van der Waals surface area (Å²) in [6, 6.07) is 8.29. The summed E-state index contributed by atoms with van der Waals surface area (Å²) < 4.78 is 31.5. The molecule has 1 aromatic carbocycles. The minimum absolute atomic E-state index is 0.0152. The number of pyridine rings is 1. The van der Waals surface area contributed by atoms with Crippen molar-refractivity contribution < 1.29 is 28.2 Å². The van der Waals surface area contributed by atoms with Gasteiger partial charge in [0.2, 0.25) is 5.91 Å². The van der Waals surface area contributed by atoms with Gasteiger partial charge in [0.05, 0.1) is 16.8 Å². The first-order valence-corrected chi connectivity index (χ1v) is 14.3. The van der Waals surface area contributed by atoms with Crippen molar-refractivity contribution in [1.82, 2.24) is 14.8 Å². The van der Waals surface area contributed by atoms with Crippen molar-refractivity contribution in [3.8, 4) is 5.75 Å². The van der Waals surface area contributed by atoms with E-state index < -0.39 is 17.5 Å². The van der Waals surface area contributed by atoms with Crippen molar-refractivity contribution >= 4 is 44.8 Å². The van der Waals surface area contributed by atoms with E-state index >= 15 is 0 Å². The van der Waals surface area contributed by atoms with E-state index in [2.05, 4.69) is 11.1 Å². The van der Waals surface area contributed by atoms with Gasteiger partial charge in [0.25, 0.3) is 0 Å². The lowest BCUT2D eigenvalue weighted by Gasteiger charge is -2.29. The Morgan fingerprint density at radius 2 is 2.00 bits per heavy atom. The molecule has 0 saturated heterocycles. The van der Waals surface area contributed by atoms with E-state index in [0.29, 0.717) is 38.3 Å². The average molecular weight is 585 g/mol. The molecule has 3 aromatic rings. The largest absolute Gasteiger partial charge is 0.486 e. The zero-order valence-electron chi connectivity index (χ0n) is 23.9. The van der Waals surface area contributed by atoms with Gasteiger partial charge in [-0.15, -0.1) is 11.3 Å². The summed E-state index contributed by atoms with van der Waals surface area (Å²) in [5, 5.41) is 0. The molecule has 2 aromatic heterocycles. The monoisotopic (exact) mass is 584 g/mol. The van der Waals surface area contributed by atoms with Crippen LogP contribution in [-0.4, -0.2) is 72.3 Å². The predicted molar refractivity (Wildman–Crippen MR) is 158 cm³/mol. The maximum absolute atomic E-state index is 14.2. The highest BCUT2D eigenvalue weighted by Crippen LogP contribution is 2.35. The number of nitrogens with two attached hydrogens (primary N) is 1. The number of halogens is 1. The van der Waals surface area contributed by atoms with Crippen molar-refractivity contribution in [3.05, 3.63) is 58.9 Å². The first-order chi connectivity index (χ1) is 19.5. The lowest BCUT2D eigenvalue weighted by atomic mass is 10.1. The average Bonchev–Trinajstić information content (AvgIpc) is 3.37. The van der Waals surface area contributed by atoms with E-state index in [-0.39, 0.29) is 31.2 Å². The van der Waals surface area contributed by atoms with Crippen LogP contribution in [0.15, 0.2) is 42.6 Å². The number of ether oxygens (including phenoxy) is 3. The first kappa shape index (κ1) is 30.3. The van der Waals surface area contributed by atoms with Gasteiger partial charge in [-0.25, -0.2) is 9.18 Å². The summed E-state index contributed by atoms with van der Waals surface area (Å²) in [6.45, 7) is 7.69. The number of fused-ring (bicyclic) bond motifs is 1. The second kappa shape index (κ2) is 13.3. The number of rotatable bonds is 10. The molecule has 1 aliphatic rings. The smallest absolute Gasteiger partial charge is 0.410 e. The molecule has 220 valence electrons. The van der Waals surface area contributed by atoms with Gasteiger partial charge in [-0.05, 0) is 57.0 Å². The summed E-state index contributed by atoms with van der Waals surface area (Å²) >= 11 is 1.61. The van der Waals surface area contributed by atoms with E-state index in [9.17, 15) is 14.0 Å². The van der Waals surface area contributed by atoms with Crippen molar-refractivity contribution in [2.45, 2.75) is 45.8 Å². The van der Waals surface area contributed by atoms with Crippen LogP contribution in [-0.2, 0) is 20.9 Å². The number of aromatic nitrogens is 1. The summed E-state index contributed by atoms with van der Waals surface area (Å²) in [5.74, 6) is -0.367. The highest BCUT2D eigenvalue weighted by molar-refractivity contribution is 7.20. The number of carbonyl (C=O) groups is 2. The van der Waals surface area contributed by atoms with E-state index in [0.717, 1.165) is 26.2 Å². The molecule has 11 heteroatoms. The van der Waals surface area contributed by atoms with Crippen molar-refractivity contribution in [1.29, 1.82) is 0 Å². The summed E-state index contributed by atoms with van der Waals surface area (Å²) in [4.78, 5) is 34.5. The number of amides is 2. The van der Waals surface area contributed by atoms with Crippen molar-refractivity contribution in [2.75, 3.05) is 45.6 Å². The Kier molecular flexibility index (Phi) is 9.82. The lowest BCUT2D eigenvalue weighted by Crippen LogP contribution is -2.42. The predicted octanol–water partition coefficient (Wildman–Crippen LogP) is 5.49. The summed E-state index contributed by atoms with van der Waals surface area (Å²) in [5.41, 5.74) is 8.27. The zero-order valence-corrected chi connectivity index (χ0v) is 24.8. The molecule has 0 saturated carbocycles. The molecular weight excluding hydrogens is 547 g/mol. The summed E-state index contributed by atoms with van der Waals surface area (Å²) in [6.07, 6.45) is 4.25. The number of benzene rings is 1. The first-order valence-electron chi connectivity index (χ1n) is 13.5. The third-order valence-electron chi connectivity index (χ3n) is 6.52. The topological polar surface area (TPSA) is 107 Å². The lowest BCUT2D eigenvalue weighted by molar-refractivity contribution is -0.131. The molecule has 0 spiro atoms. The van der Waals surface area contributed by atoms with Crippen LogP contribution in [0.4, 0.5) is 14.9 Å². The maximum Gasteiger partial charge on any atom is 0.410 e. The molecule has 0 radical (unpaired) electrons. The second-order valence-corrected chi connectivity index (χ2v) is 11.9. The molecule has 41 heavy (non-hydrogen) atoms. The van der Waals surface area contributed by atoms with Crippen LogP contribution in [0.2, 0.25) is 0 Å². The van der Waals surface area contributed by atoms with Crippen LogP contribution in [0.1, 0.15) is 44.1 Å². The van der Waals surface area contributed by atoms with Crippen LogP contribution >= 0.6 is 11.3 Å². The highest BCUT2D eigenvalue weighted by Gasteiger charge is 2.25. The van der Waals surface area contributed by atoms with Crippen LogP contribution in [0.25, 0.3) is 15.8 Å². The molecule has 0 fully saturated rings. The number of nitrogen functional groups attached to an aromatic ring is 1. The Morgan fingerprint density at radius 3 is 2.68 bits per heavy atom. The maximum atomic E-state index is 14.2. The molecular formula is C30H37FN4O5S. The van der Waals surface area contributed by atoms with E-state index in [1.165, 1.54) is 17.0 Å². The fourth-order valence-corrected chi connectivity index (χ4v) is 5.56. The zero-order chi connectivity index (χ0) is 29.6. The number of hydrogen-bond acceptors (Lipinski definition) is 8.